The first-order valence-electron chi connectivity index (χ1n) is 5.01. The van der Waals surface area contributed by atoms with E-state index in [0.29, 0.717) is 18.3 Å². The molecule has 1 heterocycles. The summed E-state index contributed by atoms with van der Waals surface area (Å²) < 4.78 is 5.51. The van der Waals surface area contributed by atoms with Crippen LogP contribution in [0.2, 0.25) is 0 Å². The van der Waals surface area contributed by atoms with Crippen molar-refractivity contribution in [2.45, 2.75) is 13.5 Å². The van der Waals surface area contributed by atoms with E-state index in [2.05, 4.69) is 9.97 Å². The van der Waals surface area contributed by atoms with Gasteiger partial charge in [0.2, 0.25) is 0 Å². The molecule has 0 atom stereocenters. The summed E-state index contributed by atoms with van der Waals surface area (Å²) >= 11 is 0. The van der Waals surface area contributed by atoms with Gasteiger partial charge >= 0.3 is 0 Å². The van der Waals surface area contributed by atoms with Crippen molar-refractivity contribution in [2.75, 3.05) is 5.73 Å². The third-order valence-electron chi connectivity index (χ3n) is 2.32. The van der Waals surface area contributed by atoms with E-state index in [-0.39, 0.29) is 0 Å². The number of aryl methyl sites for hydroxylation is 1. The Bertz CT molecular complexity index is 440. The standard InChI is InChI=1S/C12H13N3O/c1-9-4-2-3-5-10(9)8-16-12-11(13)14-6-7-15-12/h2-7H,8H2,1H3,(H2,13,14). The van der Waals surface area contributed by atoms with Crippen molar-refractivity contribution in [1.29, 1.82) is 0 Å². The largest absolute Gasteiger partial charge is 0.470 e. The van der Waals surface area contributed by atoms with Gasteiger partial charge < -0.3 is 10.5 Å². The molecule has 4 nitrogen and oxygen atoms in total. The number of rotatable bonds is 3. The fourth-order valence-electron chi connectivity index (χ4n) is 1.37. The van der Waals surface area contributed by atoms with Gasteiger partial charge in [0.05, 0.1) is 0 Å². The van der Waals surface area contributed by atoms with Crippen molar-refractivity contribution in [3.8, 4) is 5.88 Å². The number of anilines is 1. The third-order valence-corrected chi connectivity index (χ3v) is 2.32. The Kier molecular flexibility index (Phi) is 3.00. The molecule has 0 aliphatic carbocycles. The lowest BCUT2D eigenvalue weighted by Crippen LogP contribution is -2.03. The second-order valence-electron chi connectivity index (χ2n) is 3.46. The first-order valence-corrected chi connectivity index (χ1v) is 5.01. The fourth-order valence-corrected chi connectivity index (χ4v) is 1.37. The van der Waals surface area contributed by atoms with Crippen molar-refractivity contribution in [3.05, 3.63) is 47.8 Å². The van der Waals surface area contributed by atoms with Crippen molar-refractivity contribution in [3.63, 3.8) is 0 Å². The van der Waals surface area contributed by atoms with E-state index in [4.69, 9.17) is 10.5 Å². The third kappa shape index (κ3) is 2.28. The van der Waals surface area contributed by atoms with Gasteiger partial charge in [-0.3, -0.25) is 0 Å². The van der Waals surface area contributed by atoms with Crippen LogP contribution in [0.5, 0.6) is 5.88 Å². The molecule has 1 aromatic carbocycles. The Morgan fingerprint density at radius 3 is 2.69 bits per heavy atom. The molecule has 0 aliphatic rings. The summed E-state index contributed by atoms with van der Waals surface area (Å²) in [6, 6.07) is 8.03. The summed E-state index contributed by atoms with van der Waals surface area (Å²) in [5.41, 5.74) is 7.93. The number of hydrogen-bond donors (Lipinski definition) is 1. The maximum atomic E-state index is 5.62. The number of hydrogen-bond acceptors (Lipinski definition) is 4. The summed E-state index contributed by atoms with van der Waals surface area (Å²) in [7, 11) is 0. The molecule has 2 aromatic rings. The van der Waals surface area contributed by atoms with Gasteiger partial charge in [-0.25, -0.2) is 9.97 Å². The number of benzene rings is 1. The predicted octanol–water partition coefficient (Wildman–Crippen LogP) is 1.95. The lowest BCUT2D eigenvalue weighted by Gasteiger charge is -2.08. The summed E-state index contributed by atoms with van der Waals surface area (Å²) in [4.78, 5) is 7.92. The van der Waals surface area contributed by atoms with Gasteiger partial charge in [-0.05, 0) is 18.1 Å². The minimum absolute atomic E-state index is 0.316. The van der Waals surface area contributed by atoms with Crippen LogP contribution in [0.15, 0.2) is 36.7 Å². The van der Waals surface area contributed by atoms with E-state index in [0.717, 1.165) is 5.56 Å². The van der Waals surface area contributed by atoms with Crippen molar-refractivity contribution < 1.29 is 4.74 Å². The van der Waals surface area contributed by atoms with Gasteiger partial charge in [-0.1, -0.05) is 24.3 Å². The van der Waals surface area contributed by atoms with Gasteiger partial charge in [0.1, 0.15) is 6.61 Å². The second-order valence-corrected chi connectivity index (χ2v) is 3.46. The minimum Gasteiger partial charge on any atom is -0.470 e. The summed E-state index contributed by atoms with van der Waals surface area (Å²) in [5.74, 6) is 0.696. The molecule has 0 saturated heterocycles. The highest BCUT2D eigenvalue weighted by molar-refractivity contribution is 5.39. The number of nitrogens with two attached hydrogens (primary N) is 1. The van der Waals surface area contributed by atoms with Gasteiger partial charge in [0.15, 0.2) is 5.82 Å². The quantitative estimate of drug-likeness (QED) is 0.850. The lowest BCUT2D eigenvalue weighted by molar-refractivity contribution is 0.294. The lowest BCUT2D eigenvalue weighted by atomic mass is 10.1. The molecule has 0 saturated carbocycles. The molecule has 0 unspecified atom stereocenters. The summed E-state index contributed by atoms with van der Waals surface area (Å²) in [6.45, 7) is 2.49. The van der Waals surface area contributed by atoms with Gasteiger partial charge in [0, 0.05) is 12.4 Å². The summed E-state index contributed by atoms with van der Waals surface area (Å²) in [6.07, 6.45) is 3.10. The Morgan fingerprint density at radius 1 is 1.19 bits per heavy atom. The van der Waals surface area contributed by atoms with Crippen LogP contribution in [-0.4, -0.2) is 9.97 Å². The topological polar surface area (TPSA) is 61.0 Å². The molecule has 0 bridgehead atoms. The average Bonchev–Trinajstić information content (AvgIpc) is 2.30. The zero-order valence-electron chi connectivity index (χ0n) is 9.05. The SMILES string of the molecule is Cc1ccccc1COc1nccnc1N. The number of aromatic nitrogens is 2. The number of nitrogens with zero attached hydrogens (tertiary/aromatic N) is 2. The highest BCUT2D eigenvalue weighted by atomic mass is 16.5. The van der Waals surface area contributed by atoms with Crippen LogP contribution in [0.4, 0.5) is 5.82 Å². The normalized spacial score (nSPS) is 10.1. The average molecular weight is 215 g/mol. The van der Waals surface area contributed by atoms with Crippen molar-refractivity contribution in [2.24, 2.45) is 0 Å². The first kappa shape index (κ1) is 10.4. The van der Waals surface area contributed by atoms with Crippen LogP contribution in [-0.2, 0) is 6.61 Å². The number of nitrogen functional groups attached to an aromatic ring is 1. The Labute approximate surface area is 94.1 Å². The molecule has 82 valence electrons. The number of ether oxygens (including phenoxy) is 1. The molecule has 0 aliphatic heterocycles. The fraction of sp³-hybridized carbons (Fsp3) is 0.167. The maximum absolute atomic E-state index is 5.62. The van der Waals surface area contributed by atoms with Gasteiger partial charge in [-0.2, -0.15) is 0 Å². The van der Waals surface area contributed by atoms with Gasteiger partial charge in [-0.15, -0.1) is 0 Å². The van der Waals surface area contributed by atoms with Crippen LogP contribution < -0.4 is 10.5 Å². The zero-order valence-corrected chi connectivity index (χ0v) is 9.05. The van der Waals surface area contributed by atoms with Crippen LogP contribution in [0.25, 0.3) is 0 Å². The van der Waals surface area contributed by atoms with E-state index in [1.54, 1.807) is 6.20 Å². The van der Waals surface area contributed by atoms with Gasteiger partial charge in [0.25, 0.3) is 5.88 Å². The molecule has 4 heteroatoms. The molecule has 1 aromatic heterocycles. The highest BCUT2D eigenvalue weighted by Crippen LogP contribution is 2.16. The molecule has 2 rings (SSSR count). The van der Waals surface area contributed by atoms with E-state index < -0.39 is 0 Å². The molecule has 16 heavy (non-hydrogen) atoms. The van der Waals surface area contributed by atoms with Crippen molar-refractivity contribution >= 4 is 5.82 Å². The molecule has 0 amide bonds. The molecule has 2 N–H and O–H groups in total. The zero-order chi connectivity index (χ0) is 11.4. The van der Waals surface area contributed by atoms with Crippen LogP contribution in [0.1, 0.15) is 11.1 Å². The van der Waals surface area contributed by atoms with Crippen LogP contribution in [0, 0.1) is 6.92 Å². The molecule has 0 fully saturated rings. The second kappa shape index (κ2) is 4.61. The first-order chi connectivity index (χ1) is 7.77. The smallest absolute Gasteiger partial charge is 0.257 e. The van der Waals surface area contributed by atoms with E-state index in [1.165, 1.54) is 11.8 Å². The molecular weight excluding hydrogens is 202 g/mol. The minimum atomic E-state index is 0.316. The monoisotopic (exact) mass is 215 g/mol. The summed E-state index contributed by atoms with van der Waals surface area (Å²) in [5, 5.41) is 0. The van der Waals surface area contributed by atoms with E-state index in [9.17, 15) is 0 Å². The molecule has 0 radical (unpaired) electrons. The Hall–Kier alpha value is -2.10. The Morgan fingerprint density at radius 2 is 1.94 bits per heavy atom. The van der Waals surface area contributed by atoms with Crippen molar-refractivity contribution in [1.82, 2.24) is 9.97 Å². The maximum Gasteiger partial charge on any atom is 0.257 e. The highest BCUT2D eigenvalue weighted by Gasteiger charge is 2.03. The van der Waals surface area contributed by atoms with E-state index in [1.807, 2.05) is 31.2 Å². The molecule has 0 spiro atoms. The van der Waals surface area contributed by atoms with E-state index >= 15 is 0 Å². The predicted molar refractivity (Wildman–Crippen MR) is 62.0 cm³/mol. The Balaban J connectivity index is 2.09. The molecular formula is C12H13N3O. The van der Waals surface area contributed by atoms with Crippen LogP contribution in [0.3, 0.4) is 0 Å². The van der Waals surface area contributed by atoms with Crippen LogP contribution >= 0.6 is 0 Å².